The predicted molar refractivity (Wildman–Crippen MR) is 96.2 cm³/mol. The van der Waals surface area contributed by atoms with Gasteiger partial charge >= 0.3 is 0 Å². The number of rotatable bonds is 3. The van der Waals surface area contributed by atoms with E-state index in [2.05, 4.69) is 10.1 Å². The van der Waals surface area contributed by atoms with E-state index >= 15 is 0 Å². The summed E-state index contributed by atoms with van der Waals surface area (Å²) in [6.45, 7) is 4.98. The SMILES string of the molecule is Cc1nn(C)c(C)c1S(=O)(=O)N1CCCN(C(=O)c2cccnc2)CC1. The largest absolute Gasteiger partial charge is 0.337 e. The zero-order valence-corrected chi connectivity index (χ0v) is 16.0. The lowest BCUT2D eigenvalue weighted by molar-refractivity contribution is 0.0764. The topological polar surface area (TPSA) is 88.4 Å². The Morgan fingerprint density at radius 1 is 1.15 bits per heavy atom. The fraction of sp³-hybridized carbons (Fsp3) is 0.471. The number of aryl methyl sites for hydroxylation is 2. The highest BCUT2D eigenvalue weighted by Gasteiger charge is 2.32. The van der Waals surface area contributed by atoms with Crippen LogP contribution < -0.4 is 0 Å². The summed E-state index contributed by atoms with van der Waals surface area (Å²) in [7, 11) is -1.91. The van der Waals surface area contributed by atoms with Crippen LogP contribution in [0.2, 0.25) is 0 Å². The van der Waals surface area contributed by atoms with Crippen molar-refractivity contribution in [3.8, 4) is 0 Å². The van der Waals surface area contributed by atoms with Crippen LogP contribution in [0.4, 0.5) is 0 Å². The number of hydrogen-bond donors (Lipinski definition) is 0. The second kappa shape index (κ2) is 7.16. The smallest absolute Gasteiger partial charge is 0.255 e. The maximum Gasteiger partial charge on any atom is 0.255 e. The summed E-state index contributed by atoms with van der Waals surface area (Å²) in [5.74, 6) is -0.119. The van der Waals surface area contributed by atoms with Gasteiger partial charge in [-0.05, 0) is 32.4 Å². The van der Waals surface area contributed by atoms with Crippen LogP contribution in [0.15, 0.2) is 29.4 Å². The Kier molecular flexibility index (Phi) is 5.10. The molecule has 0 aromatic carbocycles. The summed E-state index contributed by atoms with van der Waals surface area (Å²) in [6.07, 6.45) is 3.74. The van der Waals surface area contributed by atoms with Crippen molar-refractivity contribution in [1.82, 2.24) is 24.0 Å². The molecule has 0 spiro atoms. The summed E-state index contributed by atoms with van der Waals surface area (Å²) in [4.78, 5) is 18.5. The fourth-order valence-corrected chi connectivity index (χ4v) is 5.13. The van der Waals surface area contributed by atoms with Gasteiger partial charge in [-0.15, -0.1) is 0 Å². The van der Waals surface area contributed by atoms with E-state index in [0.29, 0.717) is 43.0 Å². The van der Waals surface area contributed by atoms with Gasteiger partial charge in [-0.2, -0.15) is 9.40 Å². The van der Waals surface area contributed by atoms with Crippen molar-refractivity contribution in [1.29, 1.82) is 0 Å². The Labute approximate surface area is 153 Å². The normalized spacial score (nSPS) is 16.5. The van der Waals surface area contributed by atoms with Crippen LogP contribution in [0.5, 0.6) is 0 Å². The summed E-state index contributed by atoms with van der Waals surface area (Å²) in [5, 5.41) is 4.22. The van der Waals surface area contributed by atoms with Crippen LogP contribution in [0.3, 0.4) is 0 Å². The summed E-state index contributed by atoms with van der Waals surface area (Å²) in [6, 6.07) is 3.44. The molecule has 9 heteroatoms. The maximum absolute atomic E-state index is 13.1. The van der Waals surface area contributed by atoms with Crippen molar-refractivity contribution in [2.24, 2.45) is 7.05 Å². The molecule has 1 aliphatic rings. The zero-order valence-electron chi connectivity index (χ0n) is 15.2. The molecule has 0 atom stereocenters. The quantitative estimate of drug-likeness (QED) is 0.795. The summed E-state index contributed by atoms with van der Waals surface area (Å²) < 4.78 is 29.2. The highest BCUT2D eigenvalue weighted by atomic mass is 32.2. The van der Waals surface area contributed by atoms with Crippen LogP contribution in [0.25, 0.3) is 0 Å². The van der Waals surface area contributed by atoms with E-state index in [1.165, 1.54) is 10.5 Å². The lowest BCUT2D eigenvalue weighted by atomic mass is 10.2. The first-order chi connectivity index (χ1) is 12.3. The summed E-state index contributed by atoms with van der Waals surface area (Å²) >= 11 is 0. The Hall–Kier alpha value is -2.26. The molecular weight excluding hydrogens is 354 g/mol. The van der Waals surface area contributed by atoms with Gasteiger partial charge in [0.15, 0.2) is 0 Å². The molecule has 1 amide bonds. The van der Waals surface area contributed by atoms with Crippen LogP contribution in [-0.4, -0.2) is 64.5 Å². The van der Waals surface area contributed by atoms with E-state index in [9.17, 15) is 13.2 Å². The lowest BCUT2D eigenvalue weighted by Gasteiger charge is -2.22. The number of hydrogen-bond acceptors (Lipinski definition) is 5. The van der Waals surface area contributed by atoms with Gasteiger partial charge in [-0.3, -0.25) is 14.5 Å². The zero-order chi connectivity index (χ0) is 18.9. The molecule has 0 radical (unpaired) electrons. The molecule has 140 valence electrons. The van der Waals surface area contributed by atoms with Crippen molar-refractivity contribution < 1.29 is 13.2 Å². The number of carbonyl (C=O) groups excluding carboxylic acids is 1. The van der Waals surface area contributed by atoms with Crippen molar-refractivity contribution in [3.05, 3.63) is 41.5 Å². The van der Waals surface area contributed by atoms with Gasteiger partial charge < -0.3 is 4.90 Å². The minimum absolute atomic E-state index is 0.119. The molecule has 0 saturated carbocycles. The monoisotopic (exact) mass is 377 g/mol. The second-order valence-electron chi connectivity index (χ2n) is 6.42. The van der Waals surface area contributed by atoms with E-state index < -0.39 is 10.0 Å². The minimum Gasteiger partial charge on any atom is -0.337 e. The molecule has 0 bridgehead atoms. The van der Waals surface area contributed by atoms with Gasteiger partial charge in [0.2, 0.25) is 10.0 Å². The number of nitrogens with zero attached hydrogens (tertiary/aromatic N) is 5. The van der Waals surface area contributed by atoms with E-state index in [1.807, 2.05) is 0 Å². The van der Waals surface area contributed by atoms with Crippen LogP contribution >= 0.6 is 0 Å². The Balaban J connectivity index is 1.79. The number of sulfonamides is 1. The highest BCUT2D eigenvalue weighted by molar-refractivity contribution is 7.89. The number of carbonyl (C=O) groups is 1. The third-order valence-corrected chi connectivity index (χ3v) is 6.84. The molecule has 1 fully saturated rings. The average molecular weight is 377 g/mol. The molecule has 0 aliphatic carbocycles. The molecule has 0 N–H and O–H groups in total. The van der Waals surface area contributed by atoms with Crippen molar-refractivity contribution >= 4 is 15.9 Å². The number of amides is 1. The maximum atomic E-state index is 13.1. The molecule has 8 nitrogen and oxygen atoms in total. The third kappa shape index (κ3) is 3.36. The first-order valence-electron chi connectivity index (χ1n) is 8.52. The first kappa shape index (κ1) is 18.5. The molecule has 1 aliphatic heterocycles. The van der Waals surface area contributed by atoms with E-state index in [4.69, 9.17) is 0 Å². The van der Waals surface area contributed by atoms with E-state index in [1.54, 1.807) is 48.8 Å². The Morgan fingerprint density at radius 3 is 2.54 bits per heavy atom. The van der Waals surface area contributed by atoms with E-state index in [0.717, 1.165) is 0 Å². The van der Waals surface area contributed by atoms with Crippen molar-refractivity contribution in [2.45, 2.75) is 25.2 Å². The van der Waals surface area contributed by atoms with Crippen LogP contribution in [0.1, 0.15) is 28.2 Å². The van der Waals surface area contributed by atoms with Crippen LogP contribution in [0, 0.1) is 13.8 Å². The minimum atomic E-state index is -3.64. The Bertz CT molecular complexity index is 908. The first-order valence-corrected chi connectivity index (χ1v) is 9.96. The fourth-order valence-electron chi connectivity index (χ4n) is 3.27. The highest BCUT2D eigenvalue weighted by Crippen LogP contribution is 2.24. The molecule has 1 saturated heterocycles. The van der Waals surface area contributed by atoms with Crippen molar-refractivity contribution in [2.75, 3.05) is 26.2 Å². The molecule has 2 aromatic heterocycles. The molecule has 3 rings (SSSR count). The van der Waals surface area contributed by atoms with Gasteiger partial charge in [-0.25, -0.2) is 8.42 Å². The Morgan fingerprint density at radius 2 is 1.92 bits per heavy atom. The second-order valence-corrected chi connectivity index (χ2v) is 8.29. The molecule has 3 heterocycles. The predicted octanol–water partition coefficient (Wildman–Crippen LogP) is 0.969. The van der Waals surface area contributed by atoms with Gasteiger partial charge in [0.25, 0.3) is 5.91 Å². The molecule has 26 heavy (non-hydrogen) atoms. The van der Waals surface area contributed by atoms with Gasteiger partial charge in [0.05, 0.1) is 17.0 Å². The summed E-state index contributed by atoms with van der Waals surface area (Å²) in [5.41, 5.74) is 1.63. The molecule has 0 unspecified atom stereocenters. The molecular formula is C17H23N5O3S. The van der Waals surface area contributed by atoms with Crippen LogP contribution in [-0.2, 0) is 17.1 Å². The van der Waals surface area contributed by atoms with Crippen molar-refractivity contribution in [3.63, 3.8) is 0 Å². The molecule has 2 aromatic rings. The lowest BCUT2D eigenvalue weighted by Crippen LogP contribution is -2.37. The van der Waals surface area contributed by atoms with Gasteiger partial charge in [-0.1, -0.05) is 0 Å². The van der Waals surface area contributed by atoms with Gasteiger partial charge in [0, 0.05) is 45.6 Å². The van der Waals surface area contributed by atoms with Gasteiger partial charge in [0.1, 0.15) is 4.90 Å². The average Bonchev–Trinajstić information content (AvgIpc) is 2.81. The number of pyridine rings is 1. The third-order valence-electron chi connectivity index (χ3n) is 4.69. The van der Waals surface area contributed by atoms with E-state index in [-0.39, 0.29) is 17.3 Å². The number of aromatic nitrogens is 3. The standard InChI is InChI=1S/C17H23N5O3S/c1-13-16(14(2)20(3)19-13)26(24,25)22-9-5-8-21(10-11-22)17(23)15-6-4-7-18-12-15/h4,6-7,12H,5,8-11H2,1-3H3.